The molecule has 4 aromatic rings. The van der Waals surface area contributed by atoms with E-state index in [1.54, 1.807) is 22.7 Å². The Morgan fingerprint density at radius 1 is 1.08 bits per heavy atom. The van der Waals surface area contributed by atoms with Gasteiger partial charge in [-0.2, -0.15) is 4.98 Å². The van der Waals surface area contributed by atoms with Crippen LogP contribution in [0.2, 0.25) is 0 Å². The number of aromatic nitrogens is 6. The van der Waals surface area contributed by atoms with Gasteiger partial charge in [0.05, 0.1) is 5.75 Å². The second kappa shape index (κ2) is 7.42. The molecule has 10 heteroatoms. The van der Waals surface area contributed by atoms with E-state index in [4.69, 9.17) is 4.42 Å². The predicted octanol–water partition coefficient (Wildman–Crippen LogP) is 3.54. The molecular formula is C16H13FN6OS2. The summed E-state index contributed by atoms with van der Waals surface area (Å²) in [7, 11) is 0. The number of nitrogens with zero attached hydrogens (tertiary/aromatic N) is 6. The maximum absolute atomic E-state index is 13.6. The SMILES string of the molecule is Cc1ccn2nc(SCc3nnc(SCc4ccccc4F)o3)nc2n1. The molecule has 0 spiro atoms. The van der Waals surface area contributed by atoms with E-state index in [0.29, 0.717) is 39.1 Å². The third-order valence-corrected chi connectivity index (χ3v) is 5.10. The predicted molar refractivity (Wildman–Crippen MR) is 95.3 cm³/mol. The summed E-state index contributed by atoms with van der Waals surface area (Å²) in [6.07, 6.45) is 1.82. The van der Waals surface area contributed by atoms with Crippen molar-refractivity contribution >= 4 is 29.3 Å². The highest BCUT2D eigenvalue weighted by atomic mass is 32.2. The van der Waals surface area contributed by atoms with E-state index < -0.39 is 0 Å². The molecule has 0 unspecified atom stereocenters. The summed E-state index contributed by atoms with van der Waals surface area (Å²) in [5.74, 6) is 1.66. The number of fused-ring (bicyclic) bond motifs is 1. The average Bonchev–Trinajstić information content (AvgIpc) is 3.25. The summed E-state index contributed by atoms with van der Waals surface area (Å²) in [6, 6.07) is 8.50. The molecule has 26 heavy (non-hydrogen) atoms. The van der Waals surface area contributed by atoms with Gasteiger partial charge < -0.3 is 4.42 Å². The largest absolute Gasteiger partial charge is 0.415 e. The molecule has 0 fully saturated rings. The van der Waals surface area contributed by atoms with Gasteiger partial charge in [0.1, 0.15) is 5.82 Å². The lowest BCUT2D eigenvalue weighted by Crippen LogP contribution is -1.90. The zero-order chi connectivity index (χ0) is 17.9. The molecule has 4 rings (SSSR count). The summed E-state index contributed by atoms with van der Waals surface area (Å²) >= 11 is 2.69. The molecule has 1 aromatic carbocycles. The molecule has 3 aromatic heterocycles. The van der Waals surface area contributed by atoms with Gasteiger partial charge in [0.2, 0.25) is 11.0 Å². The Balaban J connectivity index is 1.36. The Bertz CT molecular complexity index is 1050. The first-order valence-electron chi connectivity index (χ1n) is 7.69. The zero-order valence-electron chi connectivity index (χ0n) is 13.7. The summed E-state index contributed by atoms with van der Waals surface area (Å²) < 4.78 is 20.8. The van der Waals surface area contributed by atoms with Crippen molar-refractivity contribution in [1.29, 1.82) is 0 Å². The number of aryl methyl sites for hydroxylation is 1. The molecule has 0 aliphatic rings. The maximum atomic E-state index is 13.6. The van der Waals surface area contributed by atoms with Gasteiger partial charge in [-0.15, -0.1) is 15.3 Å². The second-order valence-corrected chi connectivity index (χ2v) is 7.21. The van der Waals surface area contributed by atoms with Crippen LogP contribution < -0.4 is 0 Å². The van der Waals surface area contributed by atoms with E-state index in [9.17, 15) is 4.39 Å². The molecule has 132 valence electrons. The third kappa shape index (κ3) is 3.86. The average molecular weight is 388 g/mol. The molecule has 0 atom stereocenters. The van der Waals surface area contributed by atoms with Crippen molar-refractivity contribution in [2.75, 3.05) is 0 Å². The molecule has 7 nitrogen and oxygen atoms in total. The van der Waals surface area contributed by atoms with Gasteiger partial charge >= 0.3 is 0 Å². The highest BCUT2D eigenvalue weighted by molar-refractivity contribution is 7.98. The summed E-state index contributed by atoms with van der Waals surface area (Å²) in [5, 5.41) is 13.3. The van der Waals surface area contributed by atoms with Crippen molar-refractivity contribution in [2.45, 2.75) is 28.8 Å². The van der Waals surface area contributed by atoms with Crippen LogP contribution in [0.3, 0.4) is 0 Å². The van der Waals surface area contributed by atoms with Crippen LogP contribution in [0.5, 0.6) is 0 Å². The van der Waals surface area contributed by atoms with Crippen molar-refractivity contribution in [3.05, 3.63) is 59.5 Å². The summed E-state index contributed by atoms with van der Waals surface area (Å²) in [6.45, 7) is 1.90. The zero-order valence-corrected chi connectivity index (χ0v) is 15.3. The third-order valence-electron chi connectivity index (χ3n) is 3.41. The van der Waals surface area contributed by atoms with Gasteiger partial charge in [-0.3, -0.25) is 0 Å². The summed E-state index contributed by atoms with van der Waals surface area (Å²) in [4.78, 5) is 8.65. The Kier molecular flexibility index (Phi) is 4.85. The Labute approximate surface area is 156 Å². The van der Waals surface area contributed by atoms with E-state index in [2.05, 4.69) is 25.3 Å². The van der Waals surface area contributed by atoms with Crippen LogP contribution in [-0.4, -0.2) is 29.8 Å². The first-order valence-corrected chi connectivity index (χ1v) is 9.66. The minimum Gasteiger partial charge on any atom is -0.415 e. The van der Waals surface area contributed by atoms with Crippen molar-refractivity contribution in [3.8, 4) is 0 Å². The fourth-order valence-electron chi connectivity index (χ4n) is 2.14. The first kappa shape index (κ1) is 17.0. The van der Waals surface area contributed by atoms with Crippen LogP contribution in [0, 0.1) is 12.7 Å². The van der Waals surface area contributed by atoms with Crippen LogP contribution >= 0.6 is 23.5 Å². The van der Waals surface area contributed by atoms with Crippen LogP contribution in [0.25, 0.3) is 5.78 Å². The number of benzene rings is 1. The van der Waals surface area contributed by atoms with Gasteiger partial charge in [-0.1, -0.05) is 41.7 Å². The number of rotatable bonds is 6. The molecule has 0 N–H and O–H groups in total. The molecule has 0 radical (unpaired) electrons. The lowest BCUT2D eigenvalue weighted by Gasteiger charge is -1.99. The second-order valence-electron chi connectivity index (χ2n) is 5.34. The highest BCUT2D eigenvalue weighted by Crippen LogP contribution is 2.25. The van der Waals surface area contributed by atoms with Crippen molar-refractivity contribution in [2.24, 2.45) is 0 Å². The minimum atomic E-state index is -0.239. The molecule has 3 heterocycles. The fraction of sp³-hybridized carbons (Fsp3) is 0.188. The van der Waals surface area contributed by atoms with Crippen molar-refractivity contribution in [3.63, 3.8) is 0 Å². The molecule has 0 aliphatic carbocycles. The van der Waals surface area contributed by atoms with Crippen LogP contribution in [0.4, 0.5) is 4.39 Å². The van der Waals surface area contributed by atoms with E-state index in [0.717, 1.165) is 5.69 Å². The van der Waals surface area contributed by atoms with E-state index >= 15 is 0 Å². The van der Waals surface area contributed by atoms with Gasteiger partial charge in [0, 0.05) is 17.6 Å². The van der Waals surface area contributed by atoms with Crippen LogP contribution in [-0.2, 0) is 11.5 Å². The van der Waals surface area contributed by atoms with E-state index in [1.807, 2.05) is 19.2 Å². The van der Waals surface area contributed by atoms with Gasteiger partial charge in [0.15, 0.2) is 0 Å². The van der Waals surface area contributed by atoms with E-state index in [1.165, 1.54) is 29.6 Å². The van der Waals surface area contributed by atoms with Gasteiger partial charge in [-0.25, -0.2) is 13.9 Å². The lowest BCUT2D eigenvalue weighted by molar-refractivity contribution is 0.426. The minimum absolute atomic E-state index is 0.239. The molecular weight excluding hydrogens is 375 g/mol. The first-order chi connectivity index (χ1) is 12.7. The Hall–Kier alpha value is -2.46. The van der Waals surface area contributed by atoms with Crippen LogP contribution in [0.15, 0.2) is 51.3 Å². The lowest BCUT2D eigenvalue weighted by atomic mass is 10.2. The number of thioether (sulfide) groups is 2. The topological polar surface area (TPSA) is 82.0 Å². The van der Waals surface area contributed by atoms with Crippen molar-refractivity contribution in [1.82, 2.24) is 29.8 Å². The molecule has 0 aliphatic heterocycles. The van der Waals surface area contributed by atoms with Crippen molar-refractivity contribution < 1.29 is 8.81 Å². The number of hydrogen-bond donors (Lipinski definition) is 0. The van der Waals surface area contributed by atoms with Crippen LogP contribution in [0.1, 0.15) is 17.1 Å². The quantitative estimate of drug-likeness (QED) is 0.464. The molecule has 0 saturated carbocycles. The monoisotopic (exact) mass is 388 g/mol. The standard InChI is InChI=1S/C16H13FN6OS2/c1-10-6-7-23-14(18-10)19-15(22-23)25-9-13-20-21-16(24-13)26-8-11-4-2-3-5-12(11)17/h2-7H,8-9H2,1H3. The fourth-order valence-corrected chi connectivity index (χ4v) is 3.57. The van der Waals surface area contributed by atoms with Gasteiger partial charge in [0.25, 0.3) is 11.0 Å². The van der Waals surface area contributed by atoms with Gasteiger partial charge in [-0.05, 0) is 24.6 Å². The maximum Gasteiger partial charge on any atom is 0.276 e. The molecule has 0 bridgehead atoms. The summed E-state index contributed by atoms with van der Waals surface area (Å²) in [5.41, 5.74) is 1.48. The Morgan fingerprint density at radius 2 is 1.96 bits per heavy atom. The van der Waals surface area contributed by atoms with E-state index in [-0.39, 0.29) is 5.82 Å². The number of hydrogen-bond acceptors (Lipinski definition) is 8. The Morgan fingerprint density at radius 3 is 2.85 bits per heavy atom. The number of halogens is 1. The normalized spacial score (nSPS) is 11.3. The molecule has 0 amide bonds. The smallest absolute Gasteiger partial charge is 0.276 e. The molecule has 0 saturated heterocycles. The highest BCUT2D eigenvalue weighted by Gasteiger charge is 2.11.